The molecule has 1 amide bonds. The zero-order chi connectivity index (χ0) is 17.8. The molecule has 26 heavy (non-hydrogen) atoms. The van der Waals surface area contributed by atoms with Gasteiger partial charge in [0.05, 0.1) is 23.8 Å². The van der Waals surface area contributed by atoms with Gasteiger partial charge in [0, 0.05) is 38.1 Å². The summed E-state index contributed by atoms with van der Waals surface area (Å²) in [7, 11) is 0. The third-order valence-corrected chi connectivity index (χ3v) is 5.91. The third kappa shape index (κ3) is 4.69. The number of hydrogen-bond acceptors (Lipinski definition) is 5. The zero-order valence-corrected chi connectivity index (χ0v) is 15.8. The van der Waals surface area contributed by atoms with Crippen LogP contribution in [-0.4, -0.2) is 53.4 Å². The predicted molar refractivity (Wildman–Crippen MR) is 104 cm³/mol. The summed E-state index contributed by atoms with van der Waals surface area (Å²) in [6.45, 7) is 5.29. The molecule has 2 aromatic rings. The van der Waals surface area contributed by atoms with Crippen LogP contribution in [0.2, 0.25) is 0 Å². The Morgan fingerprint density at radius 1 is 1.15 bits per heavy atom. The van der Waals surface area contributed by atoms with Crippen LogP contribution >= 0.6 is 11.3 Å². The van der Waals surface area contributed by atoms with E-state index in [4.69, 9.17) is 0 Å². The molecule has 1 aliphatic carbocycles. The van der Waals surface area contributed by atoms with Crippen LogP contribution in [0.25, 0.3) is 0 Å². The van der Waals surface area contributed by atoms with Crippen molar-refractivity contribution in [1.82, 2.24) is 20.1 Å². The summed E-state index contributed by atoms with van der Waals surface area (Å²) in [6.07, 6.45) is 2.43. The van der Waals surface area contributed by atoms with E-state index in [1.165, 1.54) is 18.4 Å². The summed E-state index contributed by atoms with van der Waals surface area (Å²) < 4.78 is 0. The van der Waals surface area contributed by atoms with E-state index in [1.54, 1.807) is 11.3 Å². The van der Waals surface area contributed by atoms with E-state index in [1.807, 2.05) is 11.6 Å². The number of nitrogens with one attached hydrogen (secondary N) is 1. The number of benzene rings is 1. The highest BCUT2D eigenvalue weighted by Crippen LogP contribution is 2.40. The van der Waals surface area contributed by atoms with E-state index >= 15 is 0 Å². The Kier molecular flexibility index (Phi) is 5.62. The lowest BCUT2D eigenvalue weighted by atomic mass is 10.0. The fourth-order valence-corrected chi connectivity index (χ4v) is 4.19. The molecule has 6 heteroatoms. The molecule has 5 nitrogen and oxygen atoms in total. The minimum atomic E-state index is 0.152. The number of thiazole rings is 1. The average Bonchev–Trinajstić information content (AvgIpc) is 3.38. The van der Waals surface area contributed by atoms with Crippen LogP contribution in [0, 0.1) is 5.92 Å². The SMILES string of the molecule is O=C(CN1CCN(Cc2cscn2)CC1)N[C@@H](c1ccccc1)C1CC1. The summed E-state index contributed by atoms with van der Waals surface area (Å²) in [4.78, 5) is 21.6. The molecule has 1 N–H and O–H groups in total. The van der Waals surface area contributed by atoms with Crippen LogP contribution in [0.15, 0.2) is 41.2 Å². The fourth-order valence-electron chi connectivity index (χ4n) is 3.64. The van der Waals surface area contributed by atoms with Crippen LogP contribution in [0.1, 0.15) is 30.1 Å². The largest absolute Gasteiger partial charge is 0.348 e. The van der Waals surface area contributed by atoms with Crippen molar-refractivity contribution in [1.29, 1.82) is 0 Å². The number of carbonyl (C=O) groups is 1. The molecular weight excluding hydrogens is 344 g/mol. The van der Waals surface area contributed by atoms with E-state index < -0.39 is 0 Å². The number of piperazine rings is 1. The highest BCUT2D eigenvalue weighted by atomic mass is 32.1. The van der Waals surface area contributed by atoms with Crippen molar-refractivity contribution < 1.29 is 4.79 Å². The molecule has 1 saturated heterocycles. The lowest BCUT2D eigenvalue weighted by molar-refractivity contribution is -0.123. The maximum atomic E-state index is 12.6. The van der Waals surface area contributed by atoms with Gasteiger partial charge in [-0.15, -0.1) is 11.3 Å². The molecular formula is C20H26N4OS. The Hall–Kier alpha value is -1.76. The Morgan fingerprint density at radius 3 is 2.54 bits per heavy atom. The maximum Gasteiger partial charge on any atom is 0.234 e. The van der Waals surface area contributed by atoms with E-state index in [0.29, 0.717) is 12.5 Å². The van der Waals surface area contributed by atoms with Gasteiger partial charge in [-0.2, -0.15) is 0 Å². The van der Waals surface area contributed by atoms with E-state index in [0.717, 1.165) is 38.4 Å². The topological polar surface area (TPSA) is 48.5 Å². The molecule has 0 unspecified atom stereocenters. The van der Waals surface area contributed by atoms with Gasteiger partial charge in [-0.25, -0.2) is 4.98 Å². The number of nitrogens with zero attached hydrogens (tertiary/aromatic N) is 3. The number of hydrogen-bond donors (Lipinski definition) is 1. The first-order chi connectivity index (χ1) is 12.8. The molecule has 1 atom stereocenters. The molecule has 4 rings (SSSR count). The van der Waals surface area contributed by atoms with Crippen molar-refractivity contribution in [3.05, 3.63) is 52.5 Å². The van der Waals surface area contributed by atoms with E-state index in [2.05, 4.69) is 49.7 Å². The molecule has 1 aromatic carbocycles. The molecule has 2 heterocycles. The summed E-state index contributed by atoms with van der Waals surface area (Å²) in [5.74, 6) is 0.759. The minimum Gasteiger partial charge on any atom is -0.348 e. The number of rotatable bonds is 7. The lowest BCUT2D eigenvalue weighted by Crippen LogP contribution is -2.49. The van der Waals surface area contributed by atoms with Crippen LogP contribution < -0.4 is 5.32 Å². The molecule has 2 aliphatic rings. The standard InChI is InChI=1S/C20H26N4OS/c25-19(22-20(17-6-7-17)16-4-2-1-3-5-16)13-24-10-8-23(9-11-24)12-18-14-26-15-21-18/h1-5,14-15,17,20H,6-13H2,(H,22,25)/t20-/m0/s1. The van der Waals surface area contributed by atoms with Gasteiger partial charge in [0.15, 0.2) is 0 Å². The monoisotopic (exact) mass is 370 g/mol. The van der Waals surface area contributed by atoms with Crippen molar-refractivity contribution in [2.75, 3.05) is 32.7 Å². The second-order valence-electron chi connectivity index (χ2n) is 7.33. The molecule has 0 bridgehead atoms. The van der Waals surface area contributed by atoms with Gasteiger partial charge < -0.3 is 5.32 Å². The van der Waals surface area contributed by atoms with E-state index in [-0.39, 0.29) is 11.9 Å². The van der Waals surface area contributed by atoms with Crippen LogP contribution in [0.3, 0.4) is 0 Å². The first kappa shape index (κ1) is 17.6. The summed E-state index contributed by atoms with van der Waals surface area (Å²) in [5.41, 5.74) is 4.27. The Morgan fingerprint density at radius 2 is 1.88 bits per heavy atom. The summed E-state index contributed by atoms with van der Waals surface area (Å²) >= 11 is 1.65. The minimum absolute atomic E-state index is 0.152. The lowest BCUT2D eigenvalue weighted by Gasteiger charge is -2.34. The molecule has 2 fully saturated rings. The first-order valence-electron chi connectivity index (χ1n) is 9.44. The average molecular weight is 371 g/mol. The second kappa shape index (κ2) is 8.29. The smallest absolute Gasteiger partial charge is 0.234 e. The van der Waals surface area contributed by atoms with Gasteiger partial charge in [-0.3, -0.25) is 14.6 Å². The van der Waals surface area contributed by atoms with Crippen molar-refractivity contribution in [2.24, 2.45) is 5.92 Å². The second-order valence-corrected chi connectivity index (χ2v) is 8.04. The van der Waals surface area contributed by atoms with Gasteiger partial charge in [0.1, 0.15) is 0 Å². The van der Waals surface area contributed by atoms with Crippen molar-refractivity contribution in [2.45, 2.75) is 25.4 Å². The van der Waals surface area contributed by atoms with Crippen LogP contribution in [0.4, 0.5) is 0 Å². The number of aromatic nitrogens is 1. The van der Waals surface area contributed by atoms with E-state index in [9.17, 15) is 4.79 Å². The number of amides is 1. The van der Waals surface area contributed by atoms with Crippen molar-refractivity contribution in [3.8, 4) is 0 Å². The Balaban J connectivity index is 1.25. The van der Waals surface area contributed by atoms with Crippen LogP contribution in [0.5, 0.6) is 0 Å². The highest BCUT2D eigenvalue weighted by Gasteiger charge is 2.33. The van der Waals surface area contributed by atoms with Crippen molar-refractivity contribution >= 4 is 17.2 Å². The fraction of sp³-hybridized carbons (Fsp3) is 0.500. The quantitative estimate of drug-likeness (QED) is 0.814. The van der Waals surface area contributed by atoms with Gasteiger partial charge in [-0.1, -0.05) is 30.3 Å². The highest BCUT2D eigenvalue weighted by molar-refractivity contribution is 7.07. The predicted octanol–water partition coefficient (Wildman–Crippen LogP) is 2.53. The molecule has 0 spiro atoms. The summed E-state index contributed by atoms with van der Waals surface area (Å²) in [5, 5.41) is 5.40. The molecule has 1 aliphatic heterocycles. The molecule has 1 aromatic heterocycles. The first-order valence-corrected chi connectivity index (χ1v) is 10.4. The van der Waals surface area contributed by atoms with Gasteiger partial charge in [-0.05, 0) is 24.3 Å². The Bertz CT molecular complexity index is 694. The van der Waals surface area contributed by atoms with Crippen molar-refractivity contribution in [3.63, 3.8) is 0 Å². The molecule has 1 saturated carbocycles. The molecule has 138 valence electrons. The maximum absolute atomic E-state index is 12.6. The van der Waals surface area contributed by atoms with Crippen LogP contribution in [-0.2, 0) is 11.3 Å². The normalized spacial score (nSPS) is 20.0. The third-order valence-electron chi connectivity index (χ3n) is 5.27. The summed E-state index contributed by atoms with van der Waals surface area (Å²) in [6, 6.07) is 10.6. The van der Waals surface area contributed by atoms with Gasteiger partial charge in [0.25, 0.3) is 0 Å². The Labute approximate surface area is 159 Å². The van der Waals surface area contributed by atoms with Gasteiger partial charge in [0.2, 0.25) is 5.91 Å². The number of carbonyl (C=O) groups excluding carboxylic acids is 1. The van der Waals surface area contributed by atoms with Gasteiger partial charge >= 0.3 is 0 Å². The molecule has 0 radical (unpaired) electrons. The zero-order valence-electron chi connectivity index (χ0n) is 15.0.